The number of thioether (sulfide) groups is 1. The van der Waals surface area contributed by atoms with Gasteiger partial charge in [0.05, 0.1) is 0 Å². The van der Waals surface area contributed by atoms with Crippen LogP contribution in [0.15, 0.2) is 30.3 Å². The molecule has 1 heterocycles. The van der Waals surface area contributed by atoms with Gasteiger partial charge in [-0.1, -0.05) is 30.3 Å². The Hall–Kier alpha value is -1.20. The number of carbonyl (C=O) groups is 1. The molecule has 116 valence electrons. The second-order valence-corrected chi connectivity index (χ2v) is 6.40. The highest BCUT2D eigenvalue weighted by Gasteiger charge is 2.27. The third kappa shape index (κ3) is 5.25. The minimum atomic E-state index is -0.183. The lowest BCUT2D eigenvalue weighted by atomic mass is 10.0. The molecule has 1 aromatic carbocycles. The molecule has 1 atom stereocenters. The molecule has 2 N–H and O–H groups in total. The average molecular weight is 308 g/mol. The summed E-state index contributed by atoms with van der Waals surface area (Å²) < 4.78 is 5.46. The van der Waals surface area contributed by atoms with Crippen molar-refractivity contribution in [3.8, 4) is 0 Å². The van der Waals surface area contributed by atoms with Crippen LogP contribution in [-0.2, 0) is 11.3 Å². The van der Waals surface area contributed by atoms with Crippen LogP contribution < -0.4 is 5.73 Å². The molecule has 0 bridgehead atoms. The van der Waals surface area contributed by atoms with Gasteiger partial charge in [-0.05, 0) is 24.8 Å². The van der Waals surface area contributed by atoms with Crippen molar-refractivity contribution >= 4 is 17.9 Å². The number of ether oxygens (including phenoxy) is 1. The zero-order chi connectivity index (χ0) is 14.9. The van der Waals surface area contributed by atoms with Crippen molar-refractivity contribution in [2.75, 3.05) is 24.6 Å². The lowest BCUT2D eigenvalue weighted by Gasteiger charge is -2.34. The fourth-order valence-corrected chi connectivity index (χ4v) is 3.47. The maximum Gasteiger partial charge on any atom is 0.410 e. The van der Waals surface area contributed by atoms with Gasteiger partial charge in [0, 0.05) is 30.6 Å². The number of rotatable bonds is 6. The maximum absolute atomic E-state index is 12.3. The first-order chi connectivity index (χ1) is 10.3. The number of hydrogen-bond donors (Lipinski definition) is 1. The van der Waals surface area contributed by atoms with Crippen molar-refractivity contribution in [2.24, 2.45) is 5.73 Å². The molecule has 2 rings (SSSR count). The molecule has 0 aliphatic carbocycles. The van der Waals surface area contributed by atoms with Gasteiger partial charge >= 0.3 is 6.09 Å². The van der Waals surface area contributed by atoms with E-state index in [4.69, 9.17) is 10.5 Å². The van der Waals surface area contributed by atoms with E-state index in [1.54, 1.807) is 0 Å². The molecule has 1 aliphatic heterocycles. The molecule has 5 heteroatoms. The number of likely N-dealkylation sites (tertiary alicyclic amines) is 1. The fraction of sp³-hybridized carbons (Fsp3) is 0.562. The largest absolute Gasteiger partial charge is 0.445 e. The van der Waals surface area contributed by atoms with E-state index in [1.165, 1.54) is 6.42 Å². The van der Waals surface area contributed by atoms with Crippen molar-refractivity contribution < 1.29 is 9.53 Å². The zero-order valence-electron chi connectivity index (χ0n) is 12.4. The Morgan fingerprint density at radius 3 is 2.90 bits per heavy atom. The summed E-state index contributed by atoms with van der Waals surface area (Å²) in [6, 6.07) is 10.1. The van der Waals surface area contributed by atoms with E-state index in [0.29, 0.717) is 19.2 Å². The molecule has 1 amide bonds. The number of hydrogen-bond acceptors (Lipinski definition) is 4. The summed E-state index contributed by atoms with van der Waals surface area (Å²) in [7, 11) is 0. The number of piperidine rings is 1. The normalized spacial score (nSPS) is 18.5. The molecule has 0 saturated carbocycles. The third-order valence-corrected chi connectivity index (χ3v) is 4.78. The first kappa shape index (κ1) is 16.2. The number of nitrogens with zero attached hydrogens (tertiary/aromatic N) is 1. The fourth-order valence-electron chi connectivity index (χ4n) is 2.52. The summed E-state index contributed by atoms with van der Waals surface area (Å²) in [4.78, 5) is 14.2. The first-order valence-electron chi connectivity index (χ1n) is 7.56. The molecular formula is C16H24N2O2S. The van der Waals surface area contributed by atoms with E-state index in [-0.39, 0.29) is 6.09 Å². The van der Waals surface area contributed by atoms with Gasteiger partial charge in [-0.2, -0.15) is 11.8 Å². The van der Waals surface area contributed by atoms with Crippen molar-refractivity contribution in [1.82, 2.24) is 4.90 Å². The van der Waals surface area contributed by atoms with Gasteiger partial charge in [-0.15, -0.1) is 0 Å². The van der Waals surface area contributed by atoms with Crippen LogP contribution in [0.5, 0.6) is 0 Å². The minimum Gasteiger partial charge on any atom is -0.445 e. The lowest BCUT2D eigenvalue weighted by molar-refractivity contribution is 0.0731. The summed E-state index contributed by atoms with van der Waals surface area (Å²) in [5, 5.41) is 0. The van der Waals surface area contributed by atoms with Crippen LogP contribution in [0.25, 0.3) is 0 Å². The van der Waals surface area contributed by atoms with Gasteiger partial charge < -0.3 is 15.4 Å². The quantitative estimate of drug-likeness (QED) is 0.821. The summed E-state index contributed by atoms with van der Waals surface area (Å²) in [6.45, 7) is 1.84. The van der Waals surface area contributed by atoms with E-state index in [1.807, 2.05) is 47.0 Å². The molecule has 4 nitrogen and oxygen atoms in total. The minimum absolute atomic E-state index is 0.183. The zero-order valence-corrected chi connectivity index (χ0v) is 13.2. The van der Waals surface area contributed by atoms with Crippen molar-refractivity contribution in [1.29, 1.82) is 0 Å². The highest BCUT2D eigenvalue weighted by Crippen LogP contribution is 2.21. The predicted molar refractivity (Wildman–Crippen MR) is 87.4 cm³/mol. The van der Waals surface area contributed by atoms with E-state index in [2.05, 4.69) is 0 Å². The Morgan fingerprint density at radius 1 is 1.33 bits per heavy atom. The van der Waals surface area contributed by atoms with Gasteiger partial charge in [-0.25, -0.2) is 4.79 Å². The Morgan fingerprint density at radius 2 is 2.14 bits per heavy atom. The standard InChI is InChI=1S/C16H24N2O2S/c17-9-11-21-13-15-8-4-5-10-18(15)16(19)20-12-14-6-2-1-3-7-14/h1-3,6-7,15H,4-5,8-13,17H2. The monoisotopic (exact) mass is 308 g/mol. The molecule has 1 fully saturated rings. The number of benzene rings is 1. The van der Waals surface area contributed by atoms with Crippen molar-refractivity contribution in [3.05, 3.63) is 35.9 Å². The van der Waals surface area contributed by atoms with Gasteiger partial charge in [0.2, 0.25) is 0 Å². The molecule has 0 spiro atoms. The molecule has 1 aromatic rings. The van der Waals surface area contributed by atoms with E-state index >= 15 is 0 Å². The van der Waals surface area contributed by atoms with Crippen LogP contribution in [0, 0.1) is 0 Å². The van der Waals surface area contributed by atoms with E-state index < -0.39 is 0 Å². The third-order valence-electron chi connectivity index (χ3n) is 3.64. The number of amides is 1. The summed E-state index contributed by atoms with van der Waals surface area (Å²) in [5.41, 5.74) is 6.55. The van der Waals surface area contributed by atoms with Crippen LogP contribution >= 0.6 is 11.8 Å². The van der Waals surface area contributed by atoms with Crippen LogP contribution in [0.1, 0.15) is 24.8 Å². The van der Waals surface area contributed by atoms with E-state index in [9.17, 15) is 4.79 Å². The second kappa shape index (κ2) is 8.95. The molecule has 0 radical (unpaired) electrons. The Balaban J connectivity index is 1.83. The van der Waals surface area contributed by atoms with E-state index in [0.717, 1.165) is 36.5 Å². The summed E-state index contributed by atoms with van der Waals surface area (Å²) in [5.74, 6) is 1.90. The maximum atomic E-state index is 12.3. The van der Waals surface area contributed by atoms with Crippen molar-refractivity contribution in [3.63, 3.8) is 0 Å². The summed E-state index contributed by atoms with van der Waals surface area (Å²) >= 11 is 1.82. The molecule has 21 heavy (non-hydrogen) atoms. The molecule has 1 aliphatic rings. The first-order valence-corrected chi connectivity index (χ1v) is 8.72. The van der Waals surface area contributed by atoms with Gasteiger partial charge in [0.1, 0.15) is 6.61 Å². The van der Waals surface area contributed by atoms with Gasteiger partial charge in [0.25, 0.3) is 0 Å². The number of nitrogens with two attached hydrogens (primary N) is 1. The molecule has 1 unspecified atom stereocenters. The molecular weight excluding hydrogens is 284 g/mol. The van der Waals surface area contributed by atoms with Crippen LogP contribution in [0.3, 0.4) is 0 Å². The smallest absolute Gasteiger partial charge is 0.410 e. The Kier molecular flexibility index (Phi) is 6.89. The highest BCUT2D eigenvalue weighted by molar-refractivity contribution is 7.99. The Bertz CT molecular complexity index is 428. The highest BCUT2D eigenvalue weighted by atomic mass is 32.2. The molecule has 1 saturated heterocycles. The Labute approximate surface area is 131 Å². The second-order valence-electron chi connectivity index (χ2n) is 5.25. The van der Waals surface area contributed by atoms with Gasteiger partial charge in [-0.3, -0.25) is 0 Å². The van der Waals surface area contributed by atoms with Crippen LogP contribution in [-0.4, -0.2) is 41.6 Å². The van der Waals surface area contributed by atoms with Crippen LogP contribution in [0.2, 0.25) is 0 Å². The SMILES string of the molecule is NCCSCC1CCCCN1C(=O)OCc1ccccc1. The molecule has 0 aromatic heterocycles. The summed E-state index contributed by atoms with van der Waals surface area (Å²) in [6.07, 6.45) is 3.14. The van der Waals surface area contributed by atoms with Crippen LogP contribution in [0.4, 0.5) is 4.79 Å². The number of carbonyl (C=O) groups excluding carboxylic acids is 1. The van der Waals surface area contributed by atoms with Gasteiger partial charge in [0.15, 0.2) is 0 Å². The predicted octanol–water partition coefficient (Wildman–Crippen LogP) is 2.87. The topological polar surface area (TPSA) is 55.6 Å². The van der Waals surface area contributed by atoms with Crippen molar-refractivity contribution in [2.45, 2.75) is 31.9 Å². The average Bonchev–Trinajstić information content (AvgIpc) is 2.54. The lowest BCUT2D eigenvalue weighted by Crippen LogP contribution is -2.45.